The second-order valence-corrected chi connectivity index (χ2v) is 3.25. The van der Waals surface area contributed by atoms with Gasteiger partial charge in [0, 0.05) is 5.56 Å². The molecular weight excluding hydrogens is 180 g/mol. The molecule has 1 aromatic rings. The van der Waals surface area contributed by atoms with Crippen molar-refractivity contribution < 1.29 is 9.57 Å². The van der Waals surface area contributed by atoms with Crippen molar-refractivity contribution in [3.05, 3.63) is 41.9 Å². The zero-order valence-electron chi connectivity index (χ0n) is 7.56. The molecule has 0 aliphatic carbocycles. The summed E-state index contributed by atoms with van der Waals surface area (Å²) >= 11 is 0. The summed E-state index contributed by atoms with van der Waals surface area (Å²) < 4.78 is 5.39. The van der Waals surface area contributed by atoms with E-state index in [1.807, 2.05) is 17.0 Å². The van der Waals surface area contributed by atoms with Crippen LogP contribution in [-0.2, 0) is 16.2 Å². The zero-order valence-corrected chi connectivity index (χ0v) is 7.56. The first kappa shape index (κ1) is 7.70. The number of hydrogen-bond acceptors (Lipinski definition) is 4. The summed E-state index contributed by atoms with van der Waals surface area (Å²) in [5.41, 5.74) is 5.11. The second kappa shape index (κ2) is 2.92. The third kappa shape index (κ3) is 1.04. The Balaban J connectivity index is 2.11. The largest absolute Gasteiger partial charge is 0.493 e. The van der Waals surface area contributed by atoms with Crippen LogP contribution in [0.3, 0.4) is 0 Å². The van der Waals surface area contributed by atoms with Crippen molar-refractivity contribution in [2.75, 3.05) is 11.6 Å². The minimum Gasteiger partial charge on any atom is -0.493 e. The van der Waals surface area contributed by atoms with Crippen molar-refractivity contribution in [2.45, 2.75) is 6.61 Å². The molecule has 0 aromatic heterocycles. The molecule has 72 valence electrons. The van der Waals surface area contributed by atoms with Crippen LogP contribution in [0.4, 0.5) is 5.69 Å². The molecule has 3 rings (SSSR count). The number of ether oxygens (including phenoxy) is 1. The van der Waals surface area contributed by atoms with Gasteiger partial charge in [0.05, 0.1) is 5.69 Å². The Bertz CT molecular complexity index is 389. The highest BCUT2D eigenvalue weighted by Gasteiger charge is 2.23. The molecule has 4 nitrogen and oxygen atoms in total. The van der Waals surface area contributed by atoms with E-state index in [2.05, 4.69) is 17.6 Å². The van der Waals surface area contributed by atoms with Crippen LogP contribution in [0.15, 0.2) is 36.3 Å². The topological polar surface area (TPSA) is 33.7 Å². The van der Waals surface area contributed by atoms with Crippen molar-refractivity contribution in [1.82, 2.24) is 5.48 Å². The SMILES string of the molecule is C1=C2NOCN2c2ccccc2CO1. The van der Waals surface area contributed by atoms with Crippen LogP contribution in [-0.4, -0.2) is 6.73 Å². The molecule has 14 heavy (non-hydrogen) atoms. The molecule has 0 bridgehead atoms. The summed E-state index contributed by atoms with van der Waals surface area (Å²) in [7, 11) is 0. The van der Waals surface area contributed by atoms with Gasteiger partial charge in [-0.3, -0.25) is 9.74 Å². The number of anilines is 1. The molecule has 2 heterocycles. The predicted octanol–water partition coefficient (Wildman–Crippen LogP) is 1.31. The zero-order chi connectivity index (χ0) is 9.38. The fourth-order valence-electron chi connectivity index (χ4n) is 1.69. The molecule has 4 heteroatoms. The van der Waals surface area contributed by atoms with Gasteiger partial charge >= 0.3 is 0 Å². The summed E-state index contributed by atoms with van der Waals surface area (Å²) in [6.45, 7) is 1.13. The van der Waals surface area contributed by atoms with E-state index < -0.39 is 0 Å². The van der Waals surface area contributed by atoms with Gasteiger partial charge in [0.1, 0.15) is 12.9 Å². The predicted molar refractivity (Wildman–Crippen MR) is 50.9 cm³/mol. The van der Waals surface area contributed by atoms with Gasteiger partial charge in [0.2, 0.25) is 0 Å². The van der Waals surface area contributed by atoms with Crippen LogP contribution in [0.2, 0.25) is 0 Å². The molecule has 0 atom stereocenters. The summed E-state index contributed by atoms with van der Waals surface area (Å²) in [5.74, 6) is 0.856. The van der Waals surface area contributed by atoms with Crippen molar-refractivity contribution in [3.63, 3.8) is 0 Å². The minimum atomic E-state index is 0.520. The molecule has 0 spiro atoms. The van der Waals surface area contributed by atoms with Crippen molar-refractivity contribution in [1.29, 1.82) is 0 Å². The number of benzene rings is 1. The molecule has 0 unspecified atom stereocenters. The van der Waals surface area contributed by atoms with E-state index in [0.717, 1.165) is 11.5 Å². The summed E-state index contributed by atoms with van der Waals surface area (Å²) in [6, 6.07) is 8.15. The lowest BCUT2D eigenvalue weighted by atomic mass is 10.2. The first-order valence-corrected chi connectivity index (χ1v) is 4.50. The van der Waals surface area contributed by atoms with E-state index in [1.165, 1.54) is 5.56 Å². The van der Waals surface area contributed by atoms with Gasteiger partial charge < -0.3 is 4.74 Å². The number of hydroxylamine groups is 1. The van der Waals surface area contributed by atoms with E-state index in [4.69, 9.17) is 9.57 Å². The highest BCUT2D eigenvalue weighted by atomic mass is 16.7. The fraction of sp³-hybridized carbons (Fsp3) is 0.200. The van der Waals surface area contributed by atoms with Crippen LogP contribution >= 0.6 is 0 Å². The fourth-order valence-corrected chi connectivity index (χ4v) is 1.69. The Morgan fingerprint density at radius 1 is 1.29 bits per heavy atom. The number of nitrogens with one attached hydrogen (secondary N) is 1. The van der Waals surface area contributed by atoms with E-state index in [0.29, 0.717) is 13.3 Å². The average Bonchev–Trinajstić information content (AvgIpc) is 2.61. The maximum absolute atomic E-state index is 5.39. The molecule has 0 radical (unpaired) electrons. The third-order valence-electron chi connectivity index (χ3n) is 2.38. The van der Waals surface area contributed by atoms with Gasteiger partial charge in [0.25, 0.3) is 0 Å². The Morgan fingerprint density at radius 2 is 2.21 bits per heavy atom. The third-order valence-corrected chi connectivity index (χ3v) is 2.38. The smallest absolute Gasteiger partial charge is 0.168 e. The second-order valence-electron chi connectivity index (χ2n) is 3.25. The van der Waals surface area contributed by atoms with E-state index in [1.54, 1.807) is 6.26 Å². The summed E-state index contributed by atoms with van der Waals surface area (Å²) in [6.07, 6.45) is 1.69. The van der Waals surface area contributed by atoms with Gasteiger partial charge in [-0.25, -0.2) is 5.48 Å². The van der Waals surface area contributed by atoms with E-state index in [9.17, 15) is 0 Å². The Morgan fingerprint density at radius 3 is 3.21 bits per heavy atom. The van der Waals surface area contributed by atoms with Crippen LogP contribution in [0.1, 0.15) is 5.56 Å². The Labute approximate surface area is 81.7 Å². The van der Waals surface area contributed by atoms with Crippen molar-refractivity contribution >= 4 is 5.69 Å². The lowest BCUT2D eigenvalue weighted by molar-refractivity contribution is 0.109. The van der Waals surface area contributed by atoms with Gasteiger partial charge in [-0.15, -0.1) is 0 Å². The van der Waals surface area contributed by atoms with Crippen LogP contribution in [0.5, 0.6) is 0 Å². The van der Waals surface area contributed by atoms with Crippen LogP contribution < -0.4 is 10.4 Å². The Hall–Kier alpha value is -1.68. The molecule has 1 aromatic carbocycles. The van der Waals surface area contributed by atoms with Crippen LogP contribution in [0, 0.1) is 0 Å². The lowest BCUT2D eigenvalue weighted by Gasteiger charge is -2.16. The molecule has 2 aliphatic heterocycles. The van der Waals surface area contributed by atoms with Crippen molar-refractivity contribution in [3.8, 4) is 0 Å². The van der Waals surface area contributed by atoms with Crippen LogP contribution in [0.25, 0.3) is 0 Å². The first-order valence-electron chi connectivity index (χ1n) is 4.50. The standard InChI is InChI=1S/C10H10N2O2/c1-2-4-9-8(3-1)5-13-6-10-11-14-7-12(9)10/h1-4,6,11H,5,7H2. The van der Waals surface area contributed by atoms with Gasteiger partial charge in [-0.2, -0.15) is 0 Å². The normalized spacial score (nSPS) is 18.6. The minimum absolute atomic E-state index is 0.520. The monoisotopic (exact) mass is 190 g/mol. The molecule has 0 amide bonds. The highest BCUT2D eigenvalue weighted by molar-refractivity contribution is 5.58. The average molecular weight is 190 g/mol. The van der Waals surface area contributed by atoms with Gasteiger partial charge in [0.15, 0.2) is 12.6 Å². The maximum atomic E-state index is 5.39. The number of para-hydroxylation sites is 1. The highest BCUT2D eigenvalue weighted by Crippen LogP contribution is 2.28. The maximum Gasteiger partial charge on any atom is 0.168 e. The molecule has 1 N–H and O–H groups in total. The molecule has 2 aliphatic rings. The molecule has 1 fully saturated rings. The molecule has 1 saturated heterocycles. The van der Waals surface area contributed by atoms with Crippen molar-refractivity contribution in [2.24, 2.45) is 0 Å². The number of rotatable bonds is 0. The van der Waals surface area contributed by atoms with Gasteiger partial charge in [-0.05, 0) is 6.07 Å². The number of fused-ring (bicyclic) bond motifs is 3. The molecule has 0 saturated carbocycles. The quantitative estimate of drug-likeness (QED) is 0.668. The van der Waals surface area contributed by atoms with E-state index >= 15 is 0 Å². The van der Waals surface area contributed by atoms with E-state index in [-0.39, 0.29) is 0 Å². The number of hydrogen-bond donors (Lipinski definition) is 1. The number of nitrogens with zero attached hydrogens (tertiary/aromatic N) is 1. The summed E-state index contributed by atoms with van der Waals surface area (Å²) in [5, 5.41) is 0. The van der Waals surface area contributed by atoms with Gasteiger partial charge in [-0.1, -0.05) is 18.2 Å². The first-order chi connectivity index (χ1) is 6.95. The Kier molecular flexibility index (Phi) is 1.61. The molecular formula is C10H10N2O2. The summed E-state index contributed by atoms with van der Waals surface area (Å²) in [4.78, 5) is 7.18. The lowest BCUT2D eigenvalue weighted by Crippen LogP contribution is -2.18.